The molecule has 0 aliphatic carbocycles. The van der Waals surface area contributed by atoms with Gasteiger partial charge in [-0.2, -0.15) is 13.2 Å². The van der Waals surface area contributed by atoms with Crippen LogP contribution in [0.1, 0.15) is 12.0 Å². The summed E-state index contributed by atoms with van der Waals surface area (Å²) < 4.78 is 40.6. The van der Waals surface area contributed by atoms with Crippen LogP contribution in [0.4, 0.5) is 18.9 Å². The Morgan fingerprint density at radius 2 is 1.72 bits per heavy atom. The van der Waals surface area contributed by atoms with Crippen molar-refractivity contribution in [1.29, 1.82) is 0 Å². The predicted octanol–water partition coefficient (Wildman–Crippen LogP) is 4.19. The van der Waals surface area contributed by atoms with Crippen LogP contribution in [0, 0.1) is 0 Å². The average Bonchev–Trinajstić information content (AvgIpc) is 3.01. The number of hydrogen-bond donors (Lipinski definition) is 2. The lowest BCUT2D eigenvalue weighted by Crippen LogP contribution is -2.31. The summed E-state index contributed by atoms with van der Waals surface area (Å²) in [5.41, 5.74) is 4.67. The fourth-order valence-electron chi connectivity index (χ4n) is 2.60. The first-order chi connectivity index (χ1) is 11.9. The number of rotatable bonds is 5. The number of anilines is 1. The zero-order chi connectivity index (χ0) is 17.9. The van der Waals surface area contributed by atoms with Gasteiger partial charge >= 0.3 is 6.18 Å². The van der Waals surface area contributed by atoms with Gasteiger partial charge in [0.2, 0.25) is 5.91 Å². The number of aryl methyl sites for hydroxylation is 1. The van der Waals surface area contributed by atoms with Crippen molar-refractivity contribution in [3.05, 3.63) is 66.4 Å². The maximum absolute atomic E-state index is 12.9. The van der Waals surface area contributed by atoms with Crippen LogP contribution in [0.5, 0.6) is 0 Å². The van der Waals surface area contributed by atoms with Crippen molar-refractivity contribution >= 4 is 22.5 Å². The molecule has 0 saturated carbocycles. The van der Waals surface area contributed by atoms with E-state index < -0.39 is 17.6 Å². The molecule has 4 nitrogen and oxygen atoms in total. The summed E-state index contributed by atoms with van der Waals surface area (Å²) in [4.78, 5) is 11.9. The molecule has 0 fully saturated rings. The lowest BCUT2D eigenvalue weighted by molar-refractivity contribution is -0.137. The van der Waals surface area contributed by atoms with E-state index in [9.17, 15) is 18.0 Å². The molecule has 0 bridgehead atoms. The molecule has 0 unspecified atom stereocenters. The highest BCUT2D eigenvalue weighted by molar-refractivity contribution is 5.81. The van der Waals surface area contributed by atoms with Crippen LogP contribution in [-0.4, -0.2) is 10.5 Å². The Morgan fingerprint density at radius 1 is 1.00 bits per heavy atom. The summed E-state index contributed by atoms with van der Waals surface area (Å²) in [7, 11) is 0. The molecule has 0 aliphatic heterocycles. The van der Waals surface area contributed by atoms with Gasteiger partial charge < -0.3 is 4.57 Å². The quantitative estimate of drug-likeness (QED) is 0.680. The standard InChI is InChI=1S/C18H16F3N3O/c19-18(20,21)14-6-2-3-7-15(14)22-23-17(25)10-12-24-11-9-13-5-1-4-8-16(13)24/h1-9,11,22H,10,12H2,(H,23,25). The highest BCUT2D eigenvalue weighted by Crippen LogP contribution is 2.34. The molecule has 3 aromatic rings. The van der Waals surface area contributed by atoms with E-state index in [-0.39, 0.29) is 12.1 Å². The number of aromatic nitrogens is 1. The Hall–Kier alpha value is -2.96. The fraction of sp³-hybridized carbons (Fsp3) is 0.167. The van der Waals surface area contributed by atoms with Crippen molar-refractivity contribution in [2.45, 2.75) is 19.1 Å². The van der Waals surface area contributed by atoms with E-state index in [0.717, 1.165) is 17.0 Å². The maximum atomic E-state index is 12.9. The number of nitrogens with zero attached hydrogens (tertiary/aromatic N) is 1. The van der Waals surface area contributed by atoms with Crippen molar-refractivity contribution in [2.24, 2.45) is 0 Å². The Labute approximate surface area is 142 Å². The first-order valence-electron chi connectivity index (χ1n) is 7.70. The van der Waals surface area contributed by atoms with Gasteiger partial charge in [0, 0.05) is 24.7 Å². The largest absolute Gasteiger partial charge is 0.418 e. The van der Waals surface area contributed by atoms with E-state index in [1.54, 1.807) is 0 Å². The Bertz CT molecular complexity index is 886. The topological polar surface area (TPSA) is 46.1 Å². The third-order valence-electron chi connectivity index (χ3n) is 3.83. The molecule has 1 amide bonds. The minimum absolute atomic E-state index is 0.139. The normalized spacial score (nSPS) is 11.5. The Morgan fingerprint density at radius 3 is 2.52 bits per heavy atom. The number of amides is 1. The molecule has 0 radical (unpaired) electrons. The minimum Gasteiger partial charge on any atom is -0.347 e. The number of hydrazine groups is 1. The third kappa shape index (κ3) is 3.93. The van der Waals surface area contributed by atoms with Crippen LogP contribution in [-0.2, 0) is 17.5 Å². The SMILES string of the molecule is O=C(CCn1ccc2ccccc21)NNc1ccccc1C(F)(F)F. The second kappa shape index (κ2) is 6.88. The zero-order valence-electron chi connectivity index (χ0n) is 13.2. The van der Waals surface area contributed by atoms with Crippen LogP contribution < -0.4 is 10.9 Å². The van der Waals surface area contributed by atoms with E-state index in [1.165, 1.54) is 18.2 Å². The van der Waals surface area contributed by atoms with Gasteiger partial charge in [-0.05, 0) is 29.7 Å². The summed E-state index contributed by atoms with van der Waals surface area (Å²) in [6.07, 6.45) is -2.47. The number of fused-ring (bicyclic) bond motifs is 1. The molecule has 0 atom stereocenters. The number of alkyl halides is 3. The summed E-state index contributed by atoms with van der Waals surface area (Å²) in [5.74, 6) is -0.394. The molecule has 0 aliphatic rings. The number of carbonyl (C=O) groups excluding carboxylic acids is 1. The van der Waals surface area contributed by atoms with Crippen molar-refractivity contribution in [1.82, 2.24) is 9.99 Å². The predicted molar refractivity (Wildman–Crippen MR) is 89.8 cm³/mol. The molecule has 25 heavy (non-hydrogen) atoms. The van der Waals surface area contributed by atoms with Gasteiger partial charge in [-0.1, -0.05) is 30.3 Å². The van der Waals surface area contributed by atoms with Crippen LogP contribution in [0.15, 0.2) is 60.8 Å². The first kappa shape index (κ1) is 16.9. The lowest BCUT2D eigenvalue weighted by Gasteiger charge is -2.15. The molecule has 2 N–H and O–H groups in total. The lowest BCUT2D eigenvalue weighted by atomic mass is 10.2. The monoisotopic (exact) mass is 347 g/mol. The van der Waals surface area contributed by atoms with Crippen molar-refractivity contribution in [3.8, 4) is 0 Å². The Kier molecular flexibility index (Phi) is 4.65. The van der Waals surface area contributed by atoms with Crippen LogP contribution >= 0.6 is 0 Å². The first-order valence-corrected chi connectivity index (χ1v) is 7.70. The van der Waals surface area contributed by atoms with Crippen molar-refractivity contribution in [2.75, 3.05) is 5.43 Å². The highest BCUT2D eigenvalue weighted by Gasteiger charge is 2.33. The summed E-state index contributed by atoms with van der Waals surface area (Å²) in [5, 5.41) is 1.07. The zero-order valence-corrected chi connectivity index (χ0v) is 13.2. The molecule has 0 saturated heterocycles. The molecule has 130 valence electrons. The number of halogens is 3. The molecular weight excluding hydrogens is 331 g/mol. The number of para-hydroxylation sites is 2. The van der Waals surface area contributed by atoms with Crippen molar-refractivity contribution in [3.63, 3.8) is 0 Å². The van der Waals surface area contributed by atoms with Crippen molar-refractivity contribution < 1.29 is 18.0 Å². The molecule has 7 heteroatoms. The second-order valence-corrected chi connectivity index (χ2v) is 5.53. The molecule has 1 heterocycles. The Balaban J connectivity index is 1.59. The van der Waals surface area contributed by atoms with E-state index in [2.05, 4.69) is 10.9 Å². The number of carbonyl (C=O) groups is 1. The molecule has 0 spiro atoms. The van der Waals surface area contributed by atoms with Crippen LogP contribution in [0.2, 0.25) is 0 Å². The van der Waals surface area contributed by atoms with E-state index in [4.69, 9.17) is 0 Å². The van der Waals surface area contributed by atoms with E-state index in [1.807, 2.05) is 41.1 Å². The molecule has 2 aromatic carbocycles. The molecule has 1 aromatic heterocycles. The molecule has 3 rings (SSSR count). The summed E-state index contributed by atoms with van der Waals surface area (Å²) in [6.45, 7) is 0.432. The average molecular weight is 347 g/mol. The smallest absolute Gasteiger partial charge is 0.347 e. The van der Waals surface area contributed by atoms with Gasteiger partial charge in [0.05, 0.1) is 11.3 Å². The van der Waals surface area contributed by atoms with Gasteiger partial charge in [-0.25, -0.2) is 0 Å². The van der Waals surface area contributed by atoms with Crippen LogP contribution in [0.3, 0.4) is 0 Å². The number of benzene rings is 2. The second-order valence-electron chi connectivity index (χ2n) is 5.53. The highest BCUT2D eigenvalue weighted by atomic mass is 19.4. The maximum Gasteiger partial charge on any atom is 0.418 e. The summed E-state index contributed by atoms with van der Waals surface area (Å²) >= 11 is 0. The molecular formula is C18H16F3N3O. The minimum atomic E-state index is -4.49. The van der Waals surface area contributed by atoms with Gasteiger partial charge in [0.1, 0.15) is 0 Å². The van der Waals surface area contributed by atoms with Gasteiger partial charge in [-0.15, -0.1) is 0 Å². The van der Waals surface area contributed by atoms with Crippen LogP contribution in [0.25, 0.3) is 10.9 Å². The number of nitrogens with one attached hydrogen (secondary N) is 2. The summed E-state index contributed by atoms with van der Waals surface area (Å²) in [6, 6.07) is 14.7. The fourth-order valence-corrected chi connectivity index (χ4v) is 2.60. The van der Waals surface area contributed by atoms with E-state index in [0.29, 0.717) is 6.54 Å². The number of hydrogen-bond acceptors (Lipinski definition) is 2. The third-order valence-corrected chi connectivity index (χ3v) is 3.83. The van der Waals surface area contributed by atoms with Gasteiger partial charge in [-0.3, -0.25) is 15.6 Å². The van der Waals surface area contributed by atoms with Gasteiger partial charge in [0.25, 0.3) is 0 Å². The van der Waals surface area contributed by atoms with E-state index >= 15 is 0 Å². The van der Waals surface area contributed by atoms with Gasteiger partial charge in [0.15, 0.2) is 0 Å².